The summed E-state index contributed by atoms with van der Waals surface area (Å²) in [5, 5.41) is 26.7. The Hall–Kier alpha value is -3.62. The van der Waals surface area contributed by atoms with E-state index in [-0.39, 0.29) is 37.0 Å². The first-order valence-electron chi connectivity index (χ1n) is 15.0. The number of nitrogens with one attached hydrogen (secondary N) is 4. The van der Waals surface area contributed by atoms with Crippen LogP contribution in [0.25, 0.3) is 6.08 Å². The van der Waals surface area contributed by atoms with Crippen LogP contribution in [0.15, 0.2) is 41.5 Å². The molecule has 0 aliphatic carbocycles. The first kappa shape index (κ1) is 29.9. The van der Waals surface area contributed by atoms with Gasteiger partial charge in [-0.05, 0) is 68.4 Å². The molecule has 224 valence electrons. The average Bonchev–Trinajstić information content (AvgIpc) is 3.59. The molecule has 4 unspecified atom stereocenters. The molecule has 8 heteroatoms. The van der Waals surface area contributed by atoms with Gasteiger partial charge in [0.05, 0.1) is 0 Å². The summed E-state index contributed by atoms with van der Waals surface area (Å²) in [5.41, 5.74) is 13.9. The maximum atomic E-state index is 11.6. The number of aromatic amines is 2. The molecule has 0 radical (unpaired) electrons. The standard InChI is InChI=1S/C34H44N4O4/c1-7-21-17(3)25-13-26-19(5)23(9-11-33(39)40)31(37-26)16-32-24(10-12-34(41)42)20(6)28(38-32)15-30-22(8-2)18(4)27(36-30)14-29(21)35-25/h7-8,25,28-29,32,35-38H,1-2,9-16H2,3-6H3,(H,39,40)(H,41,42). The Morgan fingerprint density at radius 3 is 1.93 bits per heavy atom. The van der Waals surface area contributed by atoms with E-state index in [1.807, 2.05) is 12.2 Å². The molecule has 3 aliphatic heterocycles. The molecule has 0 fully saturated rings. The second-order valence-corrected chi connectivity index (χ2v) is 12.2. The molecule has 0 spiro atoms. The Morgan fingerprint density at radius 2 is 1.26 bits per heavy atom. The zero-order chi connectivity index (χ0) is 30.3. The van der Waals surface area contributed by atoms with Gasteiger partial charge < -0.3 is 30.8 Å². The molecule has 2 aromatic heterocycles. The highest BCUT2D eigenvalue weighted by molar-refractivity contribution is 5.68. The number of aromatic nitrogens is 2. The number of carbonyl (C=O) groups is 2. The van der Waals surface area contributed by atoms with Crippen LogP contribution in [0.3, 0.4) is 0 Å². The molecule has 6 N–H and O–H groups in total. The van der Waals surface area contributed by atoms with E-state index in [1.165, 1.54) is 28.0 Å². The van der Waals surface area contributed by atoms with Gasteiger partial charge >= 0.3 is 11.9 Å². The van der Waals surface area contributed by atoms with Crippen LogP contribution in [0.2, 0.25) is 0 Å². The summed E-state index contributed by atoms with van der Waals surface area (Å²) in [6, 6.07) is 0.267. The summed E-state index contributed by atoms with van der Waals surface area (Å²) < 4.78 is 0. The molecule has 0 saturated heterocycles. The summed E-state index contributed by atoms with van der Waals surface area (Å²) in [4.78, 5) is 30.6. The van der Waals surface area contributed by atoms with Crippen molar-refractivity contribution < 1.29 is 19.8 Å². The monoisotopic (exact) mass is 572 g/mol. The average molecular weight is 573 g/mol. The zero-order valence-electron chi connectivity index (χ0n) is 25.2. The third-order valence-electron chi connectivity index (χ3n) is 9.92. The Bertz CT molecular complexity index is 1500. The van der Waals surface area contributed by atoms with Gasteiger partial charge in [0.25, 0.3) is 0 Å². The molecular formula is C34H44N4O4. The lowest BCUT2D eigenvalue weighted by atomic mass is 9.93. The predicted octanol–water partition coefficient (Wildman–Crippen LogP) is 4.87. The molecule has 5 heterocycles. The van der Waals surface area contributed by atoms with Crippen LogP contribution >= 0.6 is 0 Å². The van der Waals surface area contributed by atoms with Gasteiger partial charge in [0.2, 0.25) is 0 Å². The molecule has 8 bridgehead atoms. The molecule has 4 atom stereocenters. The number of hydrogen-bond acceptors (Lipinski definition) is 4. The number of carboxylic acids is 2. The van der Waals surface area contributed by atoms with Gasteiger partial charge in [-0.2, -0.15) is 0 Å². The Kier molecular flexibility index (Phi) is 8.49. The fourth-order valence-corrected chi connectivity index (χ4v) is 7.49. The van der Waals surface area contributed by atoms with Crippen LogP contribution in [0, 0.1) is 13.8 Å². The molecule has 8 nitrogen and oxygen atoms in total. The highest BCUT2D eigenvalue weighted by Gasteiger charge is 2.35. The molecule has 0 aromatic carbocycles. The topological polar surface area (TPSA) is 130 Å². The maximum Gasteiger partial charge on any atom is 0.303 e. The van der Waals surface area contributed by atoms with E-state index in [0.29, 0.717) is 19.3 Å². The van der Waals surface area contributed by atoms with Crippen molar-refractivity contribution in [2.45, 2.75) is 103 Å². The molecule has 0 saturated carbocycles. The van der Waals surface area contributed by atoms with E-state index in [1.54, 1.807) is 0 Å². The summed E-state index contributed by atoms with van der Waals surface area (Å²) in [6.45, 7) is 16.8. The fourth-order valence-electron chi connectivity index (χ4n) is 7.49. The van der Waals surface area contributed by atoms with Crippen LogP contribution in [0.5, 0.6) is 0 Å². The van der Waals surface area contributed by atoms with Crippen molar-refractivity contribution in [3.05, 3.63) is 86.6 Å². The molecular weight excluding hydrogens is 528 g/mol. The Balaban J connectivity index is 1.62. The number of carboxylic acid groups (broad SMARTS) is 2. The molecule has 3 aliphatic rings. The lowest BCUT2D eigenvalue weighted by Gasteiger charge is -2.19. The van der Waals surface area contributed by atoms with E-state index < -0.39 is 11.9 Å². The lowest BCUT2D eigenvalue weighted by molar-refractivity contribution is -0.138. The number of rotatable bonds is 8. The predicted molar refractivity (Wildman–Crippen MR) is 166 cm³/mol. The summed E-state index contributed by atoms with van der Waals surface area (Å²) in [5.74, 6) is -1.62. The normalized spacial score (nSPS) is 23.9. The fraction of sp³-hybridized carbons (Fsp3) is 0.471. The summed E-state index contributed by atoms with van der Waals surface area (Å²) >= 11 is 0. The molecule has 0 amide bonds. The van der Waals surface area contributed by atoms with Crippen molar-refractivity contribution in [1.82, 2.24) is 20.6 Å². The highest BCUT2D eigenvalue weighted by Crippen LogP contribution is 2.35. The number of aliphatic carboxylic acids is 2. The summed E-state index contributed by atoms with van der Waals surface area (Å²) in [7, 11) is 0. The summed E-state index contributed by atoms with van der Waals surface area (Å²) in [6.07, 6.45) is 7.96. The van der Waals surface area contributed by atoms with Crippen LogP contribution in [-0.4, -0.2) is 56.3 Å². The first-order chi connectivity index (χ1) is 20.0. The molecule has 5 rings (SSSR count). The van der Waals surface area contributed by atoms with Crippen molar-refractivity contribution in [3.8, 4) is 0 Å². The largest absolute Gasteiger partial charge is 0.481 e. The Labute approximate surface area is 248 Å². The third kappa shape index (κ3) is 5.57. The second kappa shape index (κ2) is 11.9. The van der Waals surface area contributed by atoms with E-state index in [9.17, 15) is 19.8 Å². The van der Waals surface area contributed by atoms with Crippen molar-refractivity contribution in [1.29, 1.82) is 0 Å². The quantitative estimate of drug-likeness (QED) is 0.250. The highest BCUT2D eigenvalue weighted by atomic mass is 16.4. The number of fused-ring (bicyclic) bond motifs is 8. The minimum Gasteiger partial charge on any atom is -0.481 e. The van der Waals surface area contributed by atoms with Gasteiger partial charge in [0, 0.05) is 85.5 Å². The minimum absolute atomic E-state index is 0.0394. The van der Waals surface area contributed by atoms with Gasteiger partial charge in [-0.1, -0.05) is 42.0 Å². The van der Waals surface area contributed by atoms with E-state index >= 15 is 0 Å². The van der Waals surface area contributed by atoms with E-state index in [2.05, 4.69) is 61.5 Å². The second-order valence-electron chi connectivity index (χ2n) is 12.2. The first-order valence-corrected chi connectivity index (χ1v) is 15.0. The SMILES string of the molecule is C=CC1=C(C)C2Cc3[nH]c(c(CCC(=O)O)c3C)CC3NC(Cc4[nH]c(c(C)c4C=C)CC1N2)C(C)=C3CCC(=O)O. The van der Waals surface area contributed by atoms with Crippen LogP contribution < -0.4 is 10.6 Å². The van der Waals surface area contributed by atoms with E-state index in [0.717, 1.165) is 58.6 Å². The zero-order valence-corrected chi connectivity index (χ0v) is 25.2. The van der Waals surface area contributed by atoms with Crippen molar-refractivity contribution in [3.63, 3.8) is 0 Å². The minimum atomic E-state index is -0.813. The maximum absolute atomic E-state index is 11.6. The van der Waals surface area contributed by atoms with Crippen molar-refractivity contribution in [2.75, 3.05) is 0 Å². The van der Waals surface area contributed by atoms with Crippen LogP contribution in [0.1, 0.15) is 78.1 Å². The number of H-pyrrole nitrogens is 2. The van der Waals surface area contributed by atoms with Gasteiger partial charge in [0.15, 0.2) is 0 Å². The molecule has 2 aromatic rings. The van der Waals surface area contributed by atoms with Crippen molar-refractivity contribution >= 4 is 18.0 Å². The smallest absolute Gasteiger partial charge is 0.303 e. The van der Waals surface area contributed by atoms with Crippen molar-refractivity contribution in [2.24, 2.45) is 0 Å². The third-order valence-corrected chi connectivity index (χ3v) is 9.92. The van der Waals surface area contributed by atoms with Gasteiger partial charge in [-0.15, -0.1) is 0 Å². The van der Waals surface area contributed by atoms with Gasteiger partial charge in [-0.25, -0.2) is 0 Å². The van der Waals surface area contributed by atoms with Crippen LogP contribution in [0.4, 0.5) is 0 Å². The lowest BCUT2D eigenvalue weighted by Crippen LogP contribution is -2.36. The number of hydrogen-bond donors (Lipinski definition) is 6. The van der Waals surface area contributed by atoms with Gasteiger partial charge in [-0.3, -0.25) is 9.59 Å². The molecule has 42 heavy (non-hydrogen) atoms. The van der Waals surface area contributed by atoms with E-state index in [4.69, 9.17) is 0 Å². The Morgan fingerprint density at radius 1 is 0.714 bits per heavy atom. The van der Waals surface area contributed by atoms with Gasteiger partial charge in [0.1, 0.15) is 0 Å². The van der Waals surface area contributed by atoms with Crippen LogP contribution in [-0.2, 0) is 41.7 Å².